The van der Waals surface area contributed by atoms with Crippen LogP contribution in [0.25, 0.3) is 0 Å². The maximum atomic E-state index is 10.8. The van der Waals surface area contributed by atoms with Crippen molar-refractivity contribution in [3.8, 4) is 0 Å². The smallest absolute Gasteiger partial charge is 0.181 e. The van der Waals surface area contributed by atoms with Crippen LogP contribution in [0.15, 0.2) is 29.1 Å². The van der Waals surface area contributed by atoms with Gasteiger partial charge in [-0.15, -0.1) is 0 Å². The van der Waals surface area contributed by atoms with Gasteiger partial charge in [-0.25, -0.2) is 0 Å². The van der Waals surface area contributed by atoms with Gasteiger partial charge in [-0.3, -0.25) is 9.79 Å². The third kappa shape index (κ3) is 2.80. The molecule has 3 heteroatoms. The van der Waals surface area contributed by atoms with Gasteiger partial charge in [0.1, 0.15) is 11.5 Å². The lowest BCUT2D eigenvalue weighted by Crippen LogP contribution is -1.97. The van der Waals surface area contributed by atoms with Crippen molar-refractivity contribution in [3.05, 3.63) is 24.1 Å². The van der Waals surface area contributed by atoms with Crippen molar-refractivity contribution in [1.29, 1.82) is 0 Å². The summed E-state index contributed by atoms with van der Waals surface area (Å²) in [6.45, 7) is 6.31. The van der Waals surface area contributed by atoms with Gasteiger partial charge in [0.15, 0.2) is 5.78 Å². The molecule has 0 amide bonds. The zero-order chi connectivity index (χ0) is 8.85. The van der Waals surface area contributed by atoms with Crippen LogP contribution < -0.4 is 0 Å². The van der Waals surface area contributed by atoms with E-state index < -0.39 is 0 Å². The molecular weight excluding hydrogens is 142 g/mol. The molecule has 0 rings (SSSR count). The minimum Gasteiger partial charge on any atom is -0.506 e. The first-order valence-electron chi connectivity index (χ1n) is 3.18. The van der Waals surface area contributed by atoms with Crippen molar-refractivity contribution in [3.63, 3.8) is 0 Å². The third-order valence-electron chi connectivity index (χ3n) is 1.03. The Hall–Kier alpha value is -1.38. The monoisotopic (exact) mass is 153 g/mol. The quantitative estimate of drug-likeness (QED) is 0.290. The zero-order valence-corrected chi connectivity index (χ0v) is 6.66. The molecule has 0 aromatic rings. The summed E-state index contributed by atoms with van der Waals surface area (Å²) in [6, 6.07) is 0. The van der Waals surface area contributed by atoms with Crippen LogP contribution >= 0.6 is 0 Å². The second-order valence-corrected chi connectivity index (χ2v) is 1.88. The molecule has 1 N–H and O–H groups in total. The van der Waals surface area contributed by atoms with Gasteiger partial charge in [-0.05, 0) is 13.0 Å². The number of allylic oxidation sites excluding steroid dienone is 2. The molecule has 0 atom stereocenters. The van der Waals surface area contributed by atoms with E-state index >= 15 is 0 Å². The number of aliphatic imine (C=N–C) groups is 1. The summed E-state index contributed by atoms with van der Waals surface area (Å²) < 4.78 is 0. The van der Waals surface area contributed by atoms with E-state index in [1.165, 1.54) is 19.2 Å². The Morgan fingerprint density at radius 2 is 2.18 bits per heavy atom. The molecule has 0 bridgehead atoms. The SMILES string of the molecule is C=C/C(O)=C(\N=CC)C(C)=O. The Bertz CT molecular complexity index is 226. The fourth-order valence-corrected chi connectivity index (χ4v) is 0.563. The molecule has 0 saturated carbocycles. The average Bonchev–Trinajstić information content (AvgIpc) is 1.98. The lowest BCUT2D eigenvalue weighted by Gasteiger charge is -1.96. The number of aliphatic hydroxyl groups excluding tert-OH is 1. The molecule has 0 heterocycles. The number of hydrogen-bond donors (Lipinski definition) is 1. The van der Waals surface area contributed by atoms with Gasteiger partial charge in [-0.2, -0.15) is 0 Å². The van der Waals surface area contributed by atoms with Crippen LogP contribution in [0.3, 0.4) is 0 Å². The minimum absolute atomic E-state index is 0.0440. The topological polar surface area (TPSA) is 49.7 Å². The largest absolute Gasteiger partial charge is 0.506 e. The molecule has 0 aliphatic carbocycles. The van der Waals surface area contributed by atoms with Gasteiger partial charge in [0.25, 0.3) is 0 Å². The van der Waals surface area contributed by atoms with E-state index in [4.69, 9.17) is 5.11 Å². The van der Waals surface area contributed by atoms with Crippen LogP contribution in [-0.2, 0) is 4.79 Å². The Morgan fingerprint density at radius 1 is 1.64 bits per heavy atom. The van der Waals surface area contributed by atoms with Gasteiger partial charge in [-0.1, -0.05) is 6.58 Å². The van der Waals surface area contributed by atoms with E-state index in [1.54, 1.807) is 6.92 Å². The van der Waals surface area contributed by atoms with Crippen molar-refractivity contribution in [2.75, 3.05) is 0 Å². The Balaban J connectivity index is 4.87. The maximum absolute atomic E-state index is 10.8. The van der Waals surface area contributed by atoms with Crippen molar-refractivity contribution >= 4 is 12.0 Å². The first kappa shape index (κ1) is 9.62. The summed E-state index contributed by atoms with van der Waals surface area (Å²) in [7, 11) is 0. The Kier molecular flexibility index (Phi) is 3.88. The predicted molar refractivity (Wildman–Crippen MR) is 44.7 cm³/mol. The van der Waals surface area contributed by atoms with Gasteiger partial charge >= 0.3 is 0 Å². The fourth-order valence-electron chi connectivity index (χ4n) is 0.563. The number of carbonyl (C=O) groups excluding carboxylic acids is 1. The molecule has 0 unspecified atom stereocenters. The number of ketones is 1. The highest BCUT2D eigenvalue weighted by Gasteiger charge is 2.05. The molecule has 0 radical (unpaired) electrons. The molecule has 0 spiro atoms. The number of aliphatic hydroxyl groups is 1. The average molecular weight is 153 g/mol. The van der Waals surface area contributed by atoms with E-state index in [0.29, 0.717) is 0 Å². The van der Waals surface area contributed by atoms with Crippen LogP contribution in [0.2, 0.25) is 0 Å². The molecule has 60 valence electrons. The lowest BCUT2D eigenvalue weighted by molar-refractivity contribution is -0.113. The van der Waals surface area contributed by atoms with E-state index in [1.807, 2.05) is 0 Å². The number of nitrogens with zero attached hydrogens (tertiary/aromatic N) is 1. The first-order chi connectivity index (χ1) is 5.13. The molecule has 0 saturated heterocycles. The van der Waals surface area contributed by atoms with E-state index in [0.717, 1.165) is 0 Å². The summed E-state index contributed by atoms with van der Waals surface area (Å²) >= 11 is 0. The summed E-state index contributed by atoms with van der Waals surface area (Å²) in [5.41, 5.74) is 0.0440. The van der Waals surface area contributed by atoms with E-state index in [-0.39, 0.29) is 17.2 Å². The zero-order valence-electron chi connectivity index (χ0n) is 6.66. The molecule has 0 aliphatic rings. The Labute approximate surface area is 65.8 Å². The van der Waals surface area contributed by atoms with E-state index in [2.05, 4.69) is 11.6 Å². The highest BCUT2D eigenvalue weighted by Crippen LogP contribution is 2.04. The summed E-state index contributed by atoms with van der Waals surface area (Å²) in [5, 5.41) is 9.05. The van der Waals surface area contributed by atoms with Crippen LogP contribution in [-0.4, -0.2) is 17.1 Å². The van der Waals surface area contributed by atoms with Gasteiger partial charge in [0.05, 0.1) is 0 Å². The lowest BCUT2D eigenvalue weighted by atomic mass is 10.3. The number of rotatable bonds is 3. The van der Waals surface area contributed by atoms with Gasteiger partial charge in [0.2, 0.25) is 0 Å². The summed E-state index contributed by atoms with van der Waals surface area (Å²) in [4.78, 5) is 14.4. The Morgan fingerprint density at radius 3 is 2.45 bits per heavy atom. The summed E-state index contributed by atoms with van der Waals surface area (Å²) in [6.07, 6.45) is 2.63. The molecule has 0 aliphatic heterocycles. The van der Waals surface area contributed by atoms with Crippen molar-refractivity contribution in [2.45, 2.75) is 13.8 Å². The van der Waals surface area contributed by atoms with Crippen molar-refractivity contribution in [1.82, 2.24) is 0 Å². The predicted octanol–water partition coefficient (Wildman–Crippen LogP) is 1.62. The minimum atomic E-state index is -0.277. The highest BCUT2D eigenvalue weighted by atomic mass is 16.3. The molecule has 0 aromatic heterocycles. The maximum Gasteiger partial charge on any atom is 0.181 e. The standard InChI is InChI=1S/C8H11NO2/c1-4-7(11)8(6(3)10)9-5-2/h4-5,11H,1H2,2-3H3/b8-7+,9-5?. The molecule has 11 heavy (non-hydrogen) atoms. The van der Waals surface area contributed by atoms with Crippen LogP contribution in [0.4, 0.5) is 0 Å². The van der Waals surface area contributed by atoms with Crippen LogP contribution in [0.1, 0.15) is 13.8 Å². The number of Topliss-reactive ketones (excluding diaryl/α,β-unsaturated/α-hetero) is 1. The van der Waals surface area contributed by atoms with Crippen LogP contribution in [0, 0.1) is 0 Å². The van der Waals surface area contributed by atoms with Crippen molar-refractivity contribution < 1.29 is 9.90 Å². The first-order valence-corrected chi connectivity index (χ1v) is 3.18. The highest BCUT2D eigenvalue weighted by molar-refractivity contribution is 5.94. The molecule has 3 nitrogen and oxygen atoms in total. The number of carbonyl (C=O) groups is 1. The van der Waals surface area contributed by atoms with Gasteiger partial charge in [0, 0.05) is 13.1 Å². The van der Waals surface area contributed by atoms with Gasteiger partial charge < -0.3 is 5.11 Å². The molecule has 0 fully saturated rings. The second-order valence-electron chi connectivity index (χ2n) is 1.88. The third-order valence-corrected chi connectivity index (χ3v) is 1.03. The summed E-state index contributed by atoms with van der Waals surface area (Å²) in [5.74, 6) is -0.462. The normalized spacial score (nSPS) is 12.9. The number of hydrogen-bond acceptors (Lipinski definition) is 3. The molecular formula is C8H11NO2. The molecule has 0 aromatic carbocycles. The van der Waals surface area contributed by atoms with Crippen LogP contribution in [0.5, 0.6) is 0 Å². The second kappa shape index (κ2) is 4.44. The van der Waals surface area contributed by atoms with E-state index in [9.17, 15) is 4.79 Å². The van der Waals surface area contributed by atoms with Crippen molar-refractivity contribution in [2.24, 2.45) is 4.99 Å². The fraction of sp³-hybridized carbons (Fsp3) is 0.250.